The van der Waals surface area contributed by atoms with Gasteiger partial charge in [-0.3, -0.25) is 4.57 Å². The van der Waals surface area contributed by atoms with Crippen LogP contribution in [-0.2, 0) is 23.3 Å². The molecule has 1 saturated heterocycles. The van der Waals surface area contributed by atoms with Gasteiger partial charge in [0.1, 0.15) is 6.61 Å². The van der Waals surface area contributed by atoms with E-state index in [1.807, 2.05) is 0 Å². The molecule has 1 atom stereocenters. The summed E-state index contributed by atoms with van der Waals surface area (Å²) in [6.45, 7) is 3.22. The van der Waals surface area contributed by atoms with Gasteiger partial charge in [0.15, 0.2) is 0 Å². The van der Waals surface area contributed by atoms with Crippen LogP contribution in [0.2, 0.25) is 0 Å². The quantitative estimate of drug-likeness (QED) is 0.376. The Morgan fingerprint density at radius 3 is 2.21 bits per heavy atom. The molecule has 11 heteroatoms. The number of carbonyl (C=O) groups is 1. The molecular weight excluding hydrogens is 341 g/mol. The fraction of sp³-hybridized carbons (Fsp3) is 0.923. The second-order valence-corrected chi connectivity index (χ2v) is 7.35. The zero-order valence-corrected chi connectivity index (χ0v) is 15.2. The van der Waals surface area contributed by atoms with Gasteiger partial charge in [0.05, 0.1) is 33.0 Å². The molecule has 1 rings (SSSR count). The van der Waals surface area contributed by atoms with Crippen LogP contribution < -0.4 is 5.09 Å². The third kappa shape index (κ3) is 7.02. The lowest BCUT2D eigenvalue weighted by Gasteiger charge is -2.36. The highest BCUT2D eigenvalue weighted by molar-refractivity contribution is 7.54. The Balaban J connectivity index is 2.14. The second kappa shape index (κ2) is 11.8. The predicted octanol–water partition coefficient (Wildman–Crippen LogP) is -0.260. The van der Waals surface area contributed by atoms with Crippen molar-refractivity contribution >= 4 is 13.8 Å². The van der Waals surface area contributed by atoms with E-state index in [4.69, 9.17) is 23.8 Å². The average Bonchev–Trinajstić information content (AvgIpc) is 2.63. The maximum atomic E-state index is 12.3. The summed E-state index contributed by atoms with van der Waals surface area (Å²) in [4.78, 5) is 13.5. The Morgan fingerprint density at radius 1 is 1.08 bits per heavy atom. The number of aliphatic hydroxyl groups is 1. The van der Waals surface area contributed by atoms with Crippen LogP contribution in [-0.4, -0.2) is 101 Å². The number of hydrogen-bond donors (Lipinski definition) is 2. The molecule has 1 heterocycles. The Bertz CT molecular complexity index is 397. The van der Waals surface area contributed by atoms with Crippen LogP contribution in [0.4, 0.5) is 4.79 Å². The minimum Gasteiger partial charge on any atom is -0.447 e. The summed E-state index contributed by atoms with van der Waals surface area (Å²) in [7, 11) is -0.0196. The van der Waals surface area contributed by atoms with Crippen molar-refractivity contribution in [1.82, 2.24) is 14.7 Å². The molecule has 1 amide bonds. The number of piperazine rings is 1. The van der Waals surface area contributed by atoms with E-state index in [0.29, 0.717) is 39.4 Å². The fourth-order valence-corrected chi connectivity index (χ4v) is 3.56. The molecule has 1 aliphatic heterocycles. The third-order valence-corrected chi connectivity index (χ3v) is 5.68. The first-order chi connectivity index (χ1) is 11.6. The van der Waals surface area contributed by atoms with Gasteiger partial charge in [0.25, 0.3) is 0 Å². The molecule has 0 spiro atoms. The van der Waals surface area contributed by atoms with Crippen LogP contribution in [0.3, 0.4) is 0 Å². The minimum atomic E-state index is -3.00. The molecule has 1 aliphatic rings. The first-order valence-electron chi connectivity index (χ1n) is 7.85. The van der Waals surface area contributed by atoms with Crippen molar-refractivity contribution in [3.05, 3.63) is 0 Å². The first-order valence-corrected chi connectivity index (χ1v) is 9.43. The lowest BCUT2D eigenvalue weighted by molar-refractivity contribution is 0.0128. The van der Waals surface area contributed by atoms with Crippen LogP contribution in [0, 0.1) is 0 Å². The van der Waals surface area contributed by atoms with E-state index in [2.05, 4.69) is 5.09 Å². The van der Waals surface area contributed by atoms with Crippen molar-refractivity contribution in [3.63, 3.8) is 0 Å². The molecule has 142 valence electrons. The van der Waals surface area contributed by atoms with Gasteiger partial charge in [-0.1, -0.05) is 0 Å². The van der Waals surface area contributed by atoms with Gasteiger partial charge in [-0.05, 0) is 7.05 Å². The number of ether oxygens (including phenoxy) is 3. The van der Waals surface area contributed by atoms with E-state index in [0.717, 1.165) is 0 Å². The molecule has 0 radical (unpaired) electrons. The van der Waals surface area contributed by atoms with E-state index < -0.39 is 13.8 Å². The molecule has 0 aliphatic carbocycles. The van der Waals surface area contributed by atoms with Gasteiger partial charge in [0, 0.05) is 33.3 Å². The van der Waals surface area contributed by atoms with Crippen LogP contribution in [0.5, 0.6) is 0 Å². The van der Waals surface area contributed by atoms with E-state index >= 15 is 0 Å². The third-order valence-electron chi connectivity index (χ3n) is 3.48. The standard InChI is InChI=1S/C13H28N3O7P/c1-14-24(19,20-2)16-5-3-15(4-6-16)13(18)23-12-11-22-10-9-21-8-7-17/h17H,3-12H2,1-2H3,(H,14,19). The normalized spacial score (nSPS) is 18.4. The number of hydrogen-bond acceptors (Lipinski definition) is 7. The SMILES string of the molecule is CNP(=O)(OC)N1CCN(C(=O)OCCOCCOCCO)CC1. The van der Waals surface area contributed by atoms with Crippen molar-refractivity contribution in [3.8, 4) is 0 Å². The van der Waals surface area contributed by atoms with Gasteiger partial charge in [-0.2, -0.15) is 0 Å². The molecule has 1 fully saturated rings. The smallest absolute Gasteiger partial charge is 0.409 e. The number of amides is 1. The molecule has 24 heavy (non-hydrogen) atoms. The average molecular weight is 369 g/mol. The second-order valence-electron chi connectivity index (χ2n) is 4.93. The summed E-state index contributed by atoms with van der Waals surface area (Å²) in [6.07, 6.45) is -0.411. The number of nitrogens with zero attached hydrogens (tertiary/aromatic N) is 2. The molecule has 0 bridgehead atoms. The summed E-state index contributed by atoms with van der Waals surface area (Å²) in [6, 6.07) is 0. The van der Waals surface area contributed by atoms with E-state index in [1.54, 1.807) is 16.6 Å². The topological polar surface area (TPSA) is 110 Å². The molecule has 0 aromatic rings. The van der Waals surface area contributed by atoms with Crippen LogP contribution in [0.15, 0.2) is 0 Å². The van der Waals surface area contributed by atoms with Gasteiger partial charge in [0.2, 0.25) is 0 Å². The number of aliphatic hydroxyl groups excluding tert-OH is 1. The Kier molecular flexibility index (Phi) is 10.4. The highest BCUT2D eigenvalue weighted by Gasteiger charge is 2.33. The van der Waals surface area contributed by atoms with E-state index in [9.17, 15) is 9.36 Å². The van der Waals surface area contributed by atoms with Crippen molar-refractivity contribution in [2.45, 2.75) is 0 Å². The molecule has 0 aromatic carbocycles. The van der Waals surface area contributed by atoms with Crippen molar-refractivity contribution in [1.29, 1.82) is 0 Å². The molecule has 1 unspecified atom stereocenters. The monoisotopic (exact) mass is 369 g/mol. The Labute approximate surface area is 142 Å². The van der Waals surface area contributed by atoms with Gasteiger partial charge in [-0.25, -0.2) is 14.6 Å². The largest absolute Gasteiger partial charge is 0.447 e. The molecule has 10 nitrogen and oxygen atoms in total. The van der Waals surface area contributed by atoms with Crippen molar-refractivity contribution in [2.24, 2.45) is 0 Å². The summed E-state index contributed by atoms with van der Waals surface area (Å²) in [5, 5.41) is 11.2. The fourth-order valence-electron chi connectivity index (χ4n) is 2.16. The number of rotatable bonds is 11. The molecule has 0 aromatic heterocycles. The van der Waals surface area contributed by atoms with Crippen LogP contribution in [0.25, 0.3) is 0 Å². The number of carbonyl (C=O) groups excluding carboxylic acids is 1. The predicted molar refractivity (Wildman–Crippen MR) is 86.9 cm³/mol. The minimum absolute atomic E-state index is 0.0149. The summed E-state index contributed by atoms with van der Waals surface area (Å²) in [5.74, 6) is 0. The summed E-state index contributed by atoms with van der Waals surface area (Å²) >= 11 is 0. The summed E-state index contributed by atoms with van der Waals surface area (Å²) in [5.41, 5.74) is 0. The lowest BCUT2D eigenvalue weighted by Crippen LogP contribution is -2.48. The maximum Gasteiger partial charge on any atom is 0.409 e. The molecule has 0 saturated carbocycles. The van der Waals surface area contributed by atoms with E-state index in [-0.39, 0.29) is 26.4 Å². The number of nitrogens with one attached hydrogen (secondary N) is 1. The maximum absolute atomic E-state index is 12.3. The Hall–Kier alpha value is -0.740. The first kappa shape index (κ1) is 21.3. The van der Waals surface area contributed by atoms with Crippen molar-refractivity contribution < 1.29 is 33.2 Å². The highest BCUT2D eigenvalue weighted by atomic mass is 31.2. The summed E-state index contributed by atoms with van der Waals surface area (Å²) < 4.78 is 34.5. The van der Waals surface area contributed by atoms with Crippen LogP contribution in [0.1, 0.15) is 0 Å². The zero-order chi connectivity index (χ0) is 17.8. The lowest BCUT2D eigenvalue weighted by atomic mass is 10.4. The Morgan fingerprint density at radius 2 is 1.67 bits per heavy atom. The molecule has 2 N–H and O–H groups in total. The van der Waals surface area contributed by atoms with Crippen molar-refractivity contribution in [2.75, 3.05) is 80.0 Å². The zero-order valence-electron chi connectivity index (χ0n) is 14.3. The van der Waals surface area contributed by atoms with E-state index in [1.165, 1.54) is 7.11 Å². The van der Waals surface area contributed by atoms with Gasteiger partial charge >= 0.3 is 13.8 Å². The van der Waals surface area contributed by atoms with Gasteiger partial charge < -0.3 is 28.7 Å². The molecular formula is C13H28N3O7P. The van der Waals surface area contributed by atoms with Gasteiger partial charge in [-0.15, -0.1) is 0 Å². The van der Waals surface area contributed by atoms with Crippen LogP contribution >= 0.6 is 7.67 Å². The highest BCUT2D eigenvalue weighted by Crippen LogP contribution is 2.45.